The predicted molar refractivity (Wildman–Crippen MR) is 81.9 cm³/mol. The van der Waals surface area contributed by atoms with E-state index in [1.807, 2.05) is 49.4 Å². The van der Waals surface area contributed by atoms with Gasteiger partial charge in [0.05, 0.1) is 13.2 Å². The van der Waals surface area contributed by atoms with Gasteiger partial charge in [0, 0.05) is 12.1 Å². The largest absolute Gasteiger partial charge is 0.375 e. The van der Waals surface area contributed by atoms with Crippen molar-refractivity contribution >= 4 is 16.7 Å². The fraction of sp³-hybridized carbons (Fsp3) is 0.235. The maximum absolute atomic E-state index is 12.2. The van der Waals surface area contributed by atoms with Crippen LogP contribution < -0.4 is 5.32 Å². The molecule has 0 spiro atoms. The minimum Gasteiger partial charge on any atom is -0.375 e. The van der Waals surface area contributed by atoms with Crippen LogP contribution in [-0.4, -0.2) is 25.7 Å². The Kier molecular flexibility index (Phi) is 4.91. The Morgan fingerprint density at radius 2 is 1.95 bits per heavy atom. The van der Waals surface area contributed by atoms with Gasteiger partial charge in [-0.15, -0.1) is 0 Å². The van der Waals surface area contributed by atoms with Crippen molar-refractivity contribution < 1.29 is 9.53 Å². The normalized spacial score (nSPS) is 10.4. The lowest BCUT2D eigenvalue weighted by molar-refractivity contribution is 0.0928. The molecule has 0 aliphatic carbocycles. The molecule has 2 aromatic carbocycles. The molecule has 20 heavy (non-hydrogen) atoms. The van der Waals surface area contributed by atoms with Gasteiger partial charge >= 0.3 is 0 Å². The van der Waals surface area contributed by atoms with E-state index in [0.717, 1.165) is 16.3 Å². The Morgan fingerprint density at radius 3 is 2.75 bits per heavy atom. The average molecular weight is 269 g/mol. The molecule has 1 amide bonds. The van der Waals surface area contributed by atoms with Crippen LogP contribution in [0.15, 0.2) is 54.6 Å². The fourth-order valence-electron chi connectivity index (χ4n) is 2.00. The van der Waals surface area contributed by atoms with Crippen molar-refractivity contribution in [2.75, 3.05) is 19.8 Å². The van der Waals surface area contributed by atoms with Crippen LogP contribution in [0.2, 0.25) is 0 Å². The third kappa shape index (κ3) is 3.68. The Labute approximate surface area is 119 Å². The lowest BCUT2D eigenvalue weighted by Crippen LogP contribution is -2.27. The summed E-state index contributed by atoms with van der Waals surface area (Å²) in [6.45, 7) is 7.19. The Morgan fingerprint density at radius 1 is 1.20 bits per heavy atom. The number of benzene rings is 2. The maximum atomic E-state index is 12.2. The molecule has 1 N–H and O–H groups in total. The maximum Gasteiger partial charge on any atom is 0.251 e. The Balaban J connectivity index is 1.96. The van der Waals surface area contributed by atoms with Crippen molar-refractivity contribution in [2.24, 2.45) is 0 Å². The number of rotatable bonds is 6. The molecule has 3 heteroatoms. The monoisotopic (exact) mass is 269 g/mol. The lowest BCUT2D eigenvalue weighted by atomic mass is 10.0. The van der Waals surface area contributed by atoms with Crippen LogP contribution in [0.5, 0.6) is 0 Å². The molecule has 2 rings (SSSR count). The van der Waals surface area contributed by atoms with E-state index in [-0.39, 0.29) is 5.91 Å². The van der Waals surface area contributed by atoms with Crippen LogP contribution >= 0.6 is 0 Å². The lowest BCUT2D eigenvalue weighted by Gasteiger charge is -2.08. The molecule has 0 bridgehead atoms. The Hall–Kier alpha value is -2.13. The number of hydrogen-bond donors (Lipinski definition) is 1. The van der Waals surface area contributed by atoms with E-state index < -0.39 is 0 Å². The van der Waals surface area contributed by atoms with Crippen molar-refractivity contribution in [1.82, 2.24) is 5.32 Å². The first-order valence-electron chi connectivity index (χ1n) is 6.66. The van der Waals surface area contributed by atoms with Crippen molar-refractivity contribution in [3.05, 3.63) is 60.2 Å². The summed E-state index contributed by atoms with van der Waals surface area (Å²) in [5, 5.41) is 4.91. The van der Waals surface area contributed by atoms with E-state index in [4.69, 9.17) is 4.74 Å². The zero-order valence-corrected chi connectivity index (χ0v) is 11.7. The van der Waals surface area contributed by atoms with E-state index >= 15 is 0 Å². The summed E-state index contributed by atoms with van der Waals surface area (Å²) < 4.78 is 5.35. The quantitative estimate of drug-likeness (QED) is 0.646. The highest BCUT2D eigenvalue weighted by atomic mass is 16.5. The van der Waals surface area contributed by atoms with Crippen molar-refractivity contribution in [2.45, 2.75) is 6.92 Å². The number of nitrogens with one attached hydrogen (secondary N) is 1. The first-order chi connectivity index (χ1) is 9.68. The van der Waals surface area contributed by atoms with Crippen LogP contribution in [0.25, 0.3) is 10.8 Å². The molecule has 0 aromatic heterocycles. The first-order valence-corrected chi connectivity index (χ1v) is 6.66. The molecule has 0 atom stereocenters. The molecular formula is C17H19NO2. The highest BCUT2D eigenvalue weighted by molar-refractivity contribution is 6.06. The molecule has 0 saturated heterocycles. The van der Waals surface area contributed by atoms with E-state index in [9.17, 15) is 4.79 Å². The van der Waals surface area contributed by atoms with Crippen LogP contribution in [0, 0.1) is 0 Å². The van der Waals surface area contributed by atoms with Crippen molar-refractivity contribution in [3.8, 4) is 0 Å². The SMILES string of the molecule is C=C(C)COCCNC(=O)c1cccc2ccccc12. The molecule has 0 fully saturated rings. The average Bonchev–Trinajstić information content (AvgIpc) is 2.45. The van der Waals surface area contributed by atoms with Crippen LogP contribution in [0.3, 0.4) is 0 Å². The topological polar surface area (TPSA) is 38.3 Å². The number of carbonyl (C=O) groups excluding carboxylic acids is 1. The van der Waals surface area contributed by atoms with Gasteiger partial charge in [0.1, 0.15) is 0 Å². The fourth-order valence-corrected chi connectivity index (χ4v) is 2.00. The molecule has 0 unspecified atom stereocenters. The second-order valence-corrected chi connectivity index (χ2v) is 4.79. The summed E-state index contributed by atoms with van der Waals surface area (Å²) in [5.41, 5.74) is 1.67. The van der Waals surface area contributed by atoms with Gasteiger partial charge in [-0.25, -0.2) is 0 Å². The highest BCUT2D eigenvalue weighted by Gasteiger charge is 2.08. The number of fused-ring (bicyclic) bond motifs is 1. The van der Waals surface area contributed by atoms with Gasteiger partial charge in [-0.3, -0.25) is 4.79 Å². The third-order valence-electron chi connectivity index (χ3n) is 2.91. The first kappa shape index (κ1) is 14.3. The van der Waals surface area contributed by atoms with E-state index in [2.05, 4.69) is 11.9 Å². The molecule has 0 saturated carbocycles. The summed E-state index contributed by atoms with van der Waals surface area (Å²) in [4.78, 5) is 12.2. The van der Waals surface area contributed by atoms with Gasteiger partial charge in [-0.1, -0.05) is 48.6 Å². The molecule has 2 aromatic rings. The summed E-state index contributed by atoms with van der Waals surface area (Å²) in [7, 11) is 0. The predicted octanol–water partition coefficient (Wildman–Crippen LogP) is 3.16. The number of ether oxygens (including phenoxy) is 1. The second-order valence-electron chi connectivity index (χ2n) is 4.79. The van der Waals surface area contributed by atoms with Gasteiger partial charge in [-0.2, -0.15) is 0 Å². The summed E-state index contributed by atoms with van der Waals surface area (Å²) >= 11 is 0. The van der Waals surface area contributed by atoms with Gasteiger partial charge in [0.2, 0.25) is 0 Å². The minimum absolute atomic E-state index is 0.0688. The van der Waals surface area contributed by atoms with Gasteiger partial charge < -0.3 is 10.1 Å². The number of carbonyl (C=O) groups is 1. The summed E-state index contributed by atoms with van der Waals surface area (Å²) in [6.07, 6.45) is 0. The molecule has 0 aliphatic heterocycles. The zero-order chi connectivity index (χ0) is 14.4. The van der Waals surface area contributed by atoms with E-state index in [1.165, 1.54) is 0 Å². The molecule has 104 valence electrons. The molecular weight excluding hydrogens is 250 g/mol. The van der Waals surface area contributed by atoms with Crippen LogP contribution in [-0.2, 0) is 4.74 Å². The van der Waals surface area contributed by atoms with Crippen molar-refractivity contribution in [1.29, 1.82) is 0 Å². The van der Waals surface area contributed by atoms with Crippen molar-refractivity contribution in [3.63, 3.8) is 0 Å². The van der Waals surface area contributed by atoms with E-state index in [1.54, 1.807) is 0 Å². The minimum atomic E-state index is -0.0688. The molecule has 3 nitrogen and oxygen atoms in total. The number of hydrogen-bond acceptors (Lipinski definition) is 2. The van der Waals surface area contributed by atoms with Crippen LogP contribution in [0.1, 0.15) is 17.3 Å². The molecule has 0 heterocycles. The standard InChI is InChI=1S/C17H19NO2/c1-13(2)12-20-11-10-18-17(19)16-9-5-7-14-6-3-4-8-15(14)16/h3-9H,1,10-12H2,2H3,(H,18,19). The van der Waals surface area contributed by atoms with Gasteiger partial charge in [0.25, 0.3) is 5.91 Å². The zero-order valence-electron chi connectivity index (χ0n) is 11.7. The third-order valence-corrected chi connectivity index (χ3v) is 2.91. The highest BCUT2D eigenvalue weighted by Crippen LogP contribution is 2.18. The van der Waals surface area contributed by atoms with Gasteiger partial charge in [0.15, 0.2) is 0 Å². The summed E-state index contributed by atoms with van der Waals surface area (Å²) in [5.74, 6) is -0.0688. The van der Waals surface area contributed by atoms with Crippen LogP contribution in [0.4, 0.5) is 0 Å². The Bertz CT molecular complexity index is 614. The smallest absolute Gasteiger partial charge is 0.251 e. The molecule has 0 radical (unpaired) electrons. The molecule has 0 aliphatic rings. The second kappa shape index (κ2) is 6.87. The van der Waals surface area contributed by atoms with E-state index in [0.29, 0.717) is 25.3 Å². The number of amides is 1. The summed E-state index contributed by atoms with van der Waals surface area (Å²) in [6, 6.07) is 13.6. The van der Waals surface area contributed by atoms with Gasteiger partial charge in [-0.05, 0) is 23.8 Å².